The summed E-state index contributed by atoms with van der Waals surface area (Å²) in [5, 5.41) is 3.44. The minimum atomic E-state index is 0.140. The molecule has 0 aliphatic heterocycles. The monoisotopic (exact) mass is 192 g/mol. The molecule has 0 fully saturated rings. The number of nitrogens with two attached hydrogens (primary N) is 3. The maximum atomic E-state index is 5.70. The Kier molecular flexibility index (Phi) is 3.48. The van der Waals surface area contributed by atoms with E-state index in [2.05, 4.69) is 5.10 Å². The van der Waals surface area contributed by atoms with Crippen molar-refractivity contribution in [2.75, 3.05) is 0 Å². The number of hydrogen-bond acceptors (Lipinski definition) is 3. The molecule has 1 aromatic carbocycles. The largest absolute Gasteiger partial charge is 0.382 e. The number of amidine groups is 1. The lowest BCUT2D eigenvalue weighted by atomic mass is 10.0. The standard InChI is InChI=1S/C10H16N4/c1-7(11)5-8-3-2-4-9(6-8)10(12)14-13/h2-4,6-7H,5,11,13H2,1H3,(H2,12,14). The van der Waals surface area contributed by atoms with Gasteiger partial charge in [-0.2, -0.15) is 5.10 Å². The fourth-order valence-electron chi connectivity index (χ4n) is 1.30. The third kappa shape index (κ3) is 2.74. The van der Waals surface area contributed by atoms with Gasteiger partial charge in [0.15, 0.2) is 0 Å². The molecule has 0 aliphatic carbocycles. The molecule has 14 heavy (non-hydrogen) atoms. The Morgan fingerprint density at radius 3 is 2.79 bits per heavy atom. The number of hydrogen-bond donors (Lipinski definition) is 3. The normalized spacial score (nSPS) is 14.0. The van der Waals surface area contributed by atoms with E-state index in [9.17, 15) is 0 Å². The van der Waals surface area contributed by atoms with Crippen LogP contribution in [0.4, 0.5) is 0 Å². The van der Waals surface area contributed by atoms with Crippen molar-refractivity contribution < 1.29 is 0 Å². The van der Waals surface area contributed by atoms with Gasteiger partial charge in [-0.3, -0.25) is 0 Å². The summed E-state index contributed by atoms with van der Waals surface area (Å²) >= 11 is 0. The highest BCUT2D eigenvalue weighted by molar-refractivity contribution is 5.97. The van der Waals surface area contributed by atoms with Crippen molar-refractivity contribution in [1.82, 2.24) is 0 Å². The molecule has 0 spiro atoms. The minimum absolute atomic E-state index is 0.140. The third-order valence-corrected chi connectivity index (χ3v) is 1.92. The summed E-state index contributed by atoms with van der Waals surface area (Å²) in [5.74, 6) is 5.44. The van der Waals surface area contributed by atoms with Crippen molar-refractivity contribution >= 4 is 5.84 Å². The second kappa shape index (κ2) is 4.62. The zero-order valence-electron chi connectivity index (χ0n) is 8.27. The van der Waals surface area contributed by atoms with Crippen LogP contribution >= 0.6 is 0 Å². The SMILES string of the molecule is CC(N)Cc1cccc(/C(N)=N/N)c1. The van der Waals surface area contributed by atoms with E-state index in [0.717, 1.165) is 17.5 Å². The summed E-state index contributed by atoms with van der Waals surface area (Å²) in [6.45, 7) is 1.97. The van der Waals surface area contributed by atoms with Gasteiger partial charge >= 0.3 is 0 Å². The summed E-state index contributed by atoms with van der Waals surface area (Å²) in [5.41, 5.74) is 13.3. The maximum Gasteiger partial charge on any atom is 0.150 e. The number of nitrogens with zero attached hydrogens (tertiary/aromatic N) is 1. The summed E-state index contributed by atoms with van der Waals surface area (Å²) in [7, 11) is 0. The lowest BCUT2D eigenvalue weighted by Crippen LogP contribution is -2.19. The van der Waals surface area contributed by atoms with Crippen LogP contribution in [-0.4, -0.2) is 11.9 Å². The molecule has 1 unspecified atom stereocenters. The van der Waals surface area contributed by atoms with Crippen molar-refractivity contribution in [3.63, 3.8) is 0 Å². The van der Waals surface area contributed by atoms with Crippen LogP contribution < -0.4 is 17.3 Å². The molecule has 6 N–H and O–H groups in total. The second-order valence-electron chi connectivity index (χ2n) is 3.40. The zero-order valence-corrected chi connectivity index (χ0v) is 8.27. The number of benzene rings is 1. The quantitative estimate of drug-likeness (QED) is 0.276. The molecule has 0 aromatic heterocycles. The predicted octanol–water partition coefficient (Wildman–Crippen LogP) is 0.155. The summed E-state index contributed by atoms with van der Waals surface area (Å²) < 4.78 is 0. The minimum Gasteiger partial charge on any atom is -0.382 e. The Labute approximate surface area is 83.8 Å². The van der Waals surface area contributed by atoms with Crippen LogP contribution in [-0.2, 0) is 6.42 Å². The lowest BCUT2D eigenvalue weighted by Gasteiger charge is -2.06. The van der Waals surface area contributed by atoms with Gasteiger partial charge in [-0.05, 0) is 25.0 Å². The third-order valence-electron chi connectivity index (χ3n) is 1.92. The van der Waals surface area contributed by atoms with E-state index in [-0.39, 0.29) is 6.04 Å². The molecule has 4 nitrogen and oxygen atoms in total. The van der Waals surface area contributed by atoms with Crippen molar-refractivity contribution in [3.8, 4) is 0 Å². The topological polar surface area (TPSA) is 90.4 Å². The van der Waals surface area contributed by atoms with E-state index in [1.54, 1.807) is 0 Å². The van der Waals surface area contributed by atoms with Crippen molar-refractivity contribution in [2.45, 2.75) is 19.4 Å². The van der Waals surface area contributed by atoms with Gasteiger partial charge in [0.25, 0.3) is 0 Å². The molecule has 76 valence electrons. The van der Waals surface area contributed by atoms with Crippen LogP contribution in [0.15, 0.2) is 29.4 Å². The molecule has 0 aliphatic rings. The van der Waals surface area contributed by atoms with Crippen LogP contribution in [0.3, 0.4) is 0 Å². The Morgan fingerprint density at radius 1 is 1.50 bits per heavy atom. The molecular formula is C10H16N4. The molecule has 0 saturated heterocycles. The van der Waals surface area contributed by atoms with E-state index >= 15 is 0 Å². The summed E-state index contributed by atoms with van der Waals surface area (Å²) in [6.07, 6.45) is 0.825. The average Bonchev–Trinajstić information content (AvgIpc) is 2.16. The Bertz CT molecular complexity index is 331. The highest BCUT2D eigenvalue weighted by atomic mass is 15.1. The molecule has 4 heteroatoms. The number of rotatable bonds is 3. The van der Waals surface area contributed by atoms with Gasteiger partial charge in [-0.25, -0.2) is 0 Å². The molecule has 0 saturated carbocycles. The molecule has 1 rings (SSSR count). The first-order valence-corrected chi connectivity index (χ1v) is 4.51. The van der Waals surface area contributed by atoms with Crippen LogP contribution in [0.5, 0.6) is 0 Å². The van der Waals surface area contributed by atoms with Crippen LogP contribution in [0.1, 0.15) is 18.1 Å². The predicted molar refractivity (Wildman–Crippen MR) is 58.7 cm³/mol. The van der Waals surface area contributed by atoms with Crippen LogP contribution in [0, 0.1) is 0 Å². The van der Waals surface area contributed by atoms with Gasteiger partial charge in [0, 0.05) is 11.6 Å². The van der Waals surface area contributed by atoms with E-state index in [0.29, 0.717) is 5.84 Å². The average molecular weight is 192 g/mol. The van der Waals surface area contributed by atoms with Gasteiger partial charge in [-0.1, -0.05) is 18.2 Å². The van der Waals surface area contributed by atoms with Gasteiger partial charge in [0.05, 0.1) is 0 Å². The van der Waals surface area contributed by atoms with Crippen molar-refractivity contribution in [1.29, 1.82) is 0 Å². The highest BCUT2D eigenvalue weighted by Crippen LogP contribution is 2.06. The Balaban J connectivity index is 2.90. The van der Waals surface area contributed by atoms with Gasteiger partial charge in [0.1, 0.15) is 5.84 Å². The maximum absolute atomic E-state index is 5.70. The first-order valence-electron chi connectivity index (χ1n) is 4.51. The Hall–Kier alpha value is -1.55. The van der Waals surface area contributed by atoms with Gasteiger partial charge in [-0.15, -0.1) is 0 Å². The smallest absolute Gasteiger partial charge is 0.150 e. The van der Waals surface area contributed by atoms with E-state index in [1.807, 2.05) is 31.2 Å². The van der Waals surface area contributed by atoms with E-state index in [1.165, 1.54) is 0 Å². The highest BCUT2D eigenvalue weighted by Gasteiger charge is 2.01. The molecule has 0 bridgehead atoms. The molecule has 0 heterocycles. The van der Waals surface area contributed by atoms with Crippen LogP contribution in [0.2, 0.25) is 0 Å². The van der Waals surface area contributed by atoms with Crippen molar-refractivity contribution in [3.05, 3.63) is 35.4 Å². The molecular weight excluding hydrogens is 176 g/mol. The van der Waals surface area contributed by atoms with Gasteiger partial charge < -0.3 is 17.3 Å². The van der Waals surface area contributed by atoms with Crippen molar-refractivity contribution in [2.24, 2.45) is 22.4 Å². The zero-order chi connectivity index (χ0) is 10.6. The van der Waals surface area contributed by atoms with E-state index in [4.69, 9.17) is 17.3 Å². The lowest BCUT2D eigenvalue weighted by molar-refractivity contribution is 0.738. The van der Waals surface area contributed by atoms with Crippen LogP contribution in [0.25, 0.3) is 0 Å². The summed E-state index contributed by atoms with van der Waals surface area (Å²) in [4.78, 5) is 0. The molecule has 1 aromatic rings. The van der Waals surface area contributed by atoms with Gasteiger partial charge in [0.2, 0.25) is 0 Å². The first-order chi connectivity index (χ1) is 6.63. The fourth-order valence-corrected chi connectivity index (χ4v) is 1.30. The fraction of sp³-hybridized carbons (Fsp3) is 0.300. The number of hydrazone groups is 1. The second-order valence-corrected chi connectivity index (χ2v) is 3.40. The summed E-state index contributed by atoms with van der Waals surface area (Å²) in [6, 6.07) is 7.90. The molecule has 1 atom stereocenters. The Morgan fingerprint density at radius 2 is 2.21 bits per heavy atom. The molecule has 0 amide bonds. The van der Waals surface area contributed by atoms with E-state index < -0.39 is 0 Å². The molecule has 0 radical (unpaired) electrons. The first kappa shape index (κ1) is 10.5.